The molecule has 0 saturated carbocycles. The second kappa shape index (κ2) is 8.05. The van der Waals surface area contributed by atoms with Gasteiger partial charge in [-0.1, -0.05) is 0 Å². The largest absolute Gasteiger partial charge is 0.573 e. The lowest BCUT2D eigenvalue weighted by Crippen LogP contribution is -2.18. The average Bonchev–Trinajstić information content (AvgIpc) is 3.22. The van der Waals surface area contributed by atoms with Crippen LogP contribution in [0.25, 0.3) is 0 Å². The van der Waals surface area contributed by atoms with Crippen LogP contribution in [-0.4, -0.2) is 35.1 Å². The third-order valence-electron chi connectivity index (χ3n) is 3.79. The summed E-state index contributed by atoms with van der Waals surface area (Å²) in [5, 5.41) is 2.61. The number of H-pyrrole nitrogens is 1. The van der Waals surface area contributed by atoms with Gasteiger partial charge in [0.2, 0.25) is 0 Å². The molecule has 3 aromatic rings. The zero-order chi connectivity index (χ0) is 21.0. The Morgan fingerprint density at radius 2 is 1.72 bits per heavy atom. The molecule has 10 heteroatoms. The highest BCUT2D eigenvalue weighted by molar-refractivity contribution is 6.09. The molecular formula is C19H14F3N3O4. The second-order valence-electron chi connectivity index (χ2n) is 5.73. The van der Waals surface area contributed by atoms with E-state index < -0.39 is 23.8 Å². The lowest BCUT2D eigenvalue weighted by atomic mass is 10.0. The number of hydrogen-bond acceptors (Lipinski definition) is 5. The van der Waals surface area contributed by atoms with Crippen LogP contribution in [0.3, 0.4) is 0 Å². The Labute approximate surface area is 162 Å². The van der Waals surface area contributed by atoms with Gasteiger partial charge in [-0.3, -0.25) is 9.59 Å². The number of hydrogen-bond donors (Lipinski definition) is 2. The average molecular weight is 405 g/mol. The minimum atomic E-state index is -4.93. The van der Waals surface area contributed by atoms with Crippen molar-refractivity contribution < 1.29 is 32.2 Å². The molecular weight excluding hydrogens is 391 g/mol. The molecule has 0 fully saturated rings. The van der Waals surface area contributed by atoms with Crippen molar-refractivity contribution in [1.29, 1.82) is 0 Å². The molecule has 3 rings (SSSR count). The molecule has 7 nitrogen and oxygen atoms in total. The second-order valence-corrected chi connectivity index (χ2v) is 5.73. The highest BCUT2D eigenvalue weighted by Crippen LogP contribution is 2.33. The van der Waals surface area contributed by atoms with Crippen LogP contribution >= 0.6 is 0 Å². The first kappa shape index (κ1) is 19.9. The van der Waals surface area contributed by atoms with E-state index in [0.717, 1.165) is 6.07 Å². The number of nitrogens with one attached hydrogen (secondary N) is 2. The lowest BCUT2D eigenvalue weighted by molar-refractivity contribution is -0.275. The SMILES string of the molecule is COc1ccc(C(=O)c2ccc(NC(=O)c3c[nH]cn3)cc2)cc1OC(F)(F)F. The maximum absolute atomic E-state index is 12.6. The minimum absolute atomic E-state index is 0.0154. The summed E-state index contributed by atoms with van der Waals surface area (Å²) in [6.45, 7) is 0. The molecule has 0 aliphatic rings. The molecule has 150 valence electrons. The molecule has 0 aliphatic heterocycles. The number of aromatic amines is 1. The summed E-state index contributed by atoms with van der Waals surface area (Å²) in [5.41, 5.74) is 0.815. The summed E-state index contributed by atoms with van der Waals surface area (Å²) < 4.78 is 46.4. The molecule has 1 amide bonds. The first-order valence-corrected chi connectivity index (χ1v) is 8.15. The van der Waals surface area contributed by atoms with Crippen molar-refractivity contribution in [2.75, 3.05) is 12.4 Å². The van der Waals surface area contributed by atoms with Crippen molar-refractivity contribution in [3.05, 3.63) is 71.8 Å². The summed E-state index contributed by atoms with van der Waals surface area (Å²) in [5.74, 6) is -1.73. The molecule has 0 bridgehead atoms. The molecule has 0 unspecified atom stereocenters. The van der Waals surface area contributed by atoms with Crippen LogP contribution in [-0.2, 0) is 0 Å². The van der Waals surface area contributed by atoms with Crippen molar-refractivity contribution in [3.63, 3.8) is 0 Å². The third kappa shape index (κ3) is 4.92. The Kier molecular flexibility index (Phi) is 5.53. The maximum Gasteiger partial charge on any atom is 0.573 e. The Bertz CT molecular complexity index is 1020. The summed E-state index contributed by atoms with van der Waals surface area (Å²) in [6.07, 6.45) is -2.14. The van der Waals surface area contributed by atoms with Gasteiger partial charge in [0.15, 0.2) is 17.3 Å². The fraction of sp³-hybridized carbons (Fsp3) is 0.105. The fourth-order valence-electron chi connectivity index (χ4n) is 2.47. The van der Waals surface area contributed by atoms with E-state index in [1.807, 2.05) is 0 Å². The smallest absolute Gasteiger partial charge is 0.493 e. The summed E-state index contributed by atoms with van der Waals surface area (Å²) in [7, 11) is 1.19. The van der Waals surface area contributed by atoms with E-state index in [2.05, 4.69) is 20.0 Å². The van der Waals surface area contributed by atoms with Gasteiger partial charge in [0.25, 0.3) is 5.91 Å². The lowest BCUT2D eigenvalue weighted by Gasteiger charge is -2.13. The Balaban J connectivity index is 1.78. The number of alkyl halides is 3. The van der Waals surface area contributed by atoms with Crippen LogP contribution < -0.4 is 14.8 Å². The van der Waals surface area contributed by atoms with E-state index in [0.29, 0.717) is 5.69 Å². The zero-order valence-electron chi connectivity index (χ0n) is 14.9. The fourth-order valence-corrected chi connectivity index (χ4v) is 2.47. The van der Waals surface area contributed by atoms with Crippen LogP contribution in [0.4, 0.5) is 18.9 Å². The van der Waals surface area contributed by atoms with E-state index >= 15 is 0 Å². The predicted octanol–water partition coefficient (Wildman–Crippen LogP) is 3.80. The van der Waals surface area contributed by atoms with E-state index in [1.165, 1.54) is 56.0 Å². The molecule has 2 aromatic carbocycles. The number of nitrogens with zero attached hydrogens (tertiary/aromatic N) is 1. The number of imidazole rings is 1. The summed E-state index contributed by atoms with van der Waals surface area (Å²) >= 11 is 0. The predicted molar refractivity (Wildman–Crippen MR) is 96.1 cm³/mol. The van der Waals surface area contributed by atoms with Crippen molar-refractivity contribution in [3.8, 4) is 11.5 Å². The standard InChI is InChI=1S/C19H14F3N3O4/c1-28-15-7-4-12(8-16(15)29-19(20,21)22)17(26)11-2-5-13(6-3-11)25-18(27)14-9-23-10-24-14/h2-10H,1H3,(H,23,24)(H,25,27). The molecule has 1 heterocycles. The number of benzene rings is 2. The number of halogens is 3. The number of carbonyl (C=O) groups excluding carboxylic acids is 2. The van der Waals surface area contributed by atoms with E-state index in [9.17, 15) is 22.8 Å². The Morgan fingerprint density at radius 1 is 1.03 bits per heavy atom. The molecule has 0 spiro atoms. The van der Waals surface area contributed by atoms with E-state index in [-0.39, 0.29) is 22.6 Å². The molecule has 0 radical (unpaired) electrons. The molecule has 0 aliphatic carbocycles. The molecule has 0 saturated heterocycles. The topological polar surface area (TPSA) is 93.3 Å². The van der Waals surface area contributed by atoms with Crippen molar-refractivity contribution in [1.82, 2.24) is 9.97 Å². The number of carbonyl (C=O) groups is 2. The van der Waals surface area contributed by atoms with Gasteiger partial charge < -0.3 is 19.8 Å². The van der Waals surface area contributed by atoms with Gasteiger partial charge in [-0.05, 0) is 42.5 Å². The zero-order valence-corrected chi connectivity index (χ0v) is 14.9. The quantitative estimate of drug-likeness (QED) is 0.609. The molecule has 1 aromatic heterocycles. The minimum Gasteiger partial charge on any atom is -0.493 e. The Morgan fingerprint density at radius 3 is 2.31 bits per heavy atom. The number of amides is 1. The highest BCUT2D eigenvalue weighted by Gasteiger charge is 2.32. The van der Waals surface area contributed by atoms with Crippen LogP contribution in [0, 0.1) is 0 Å². The van der Waals surface area contributed by atoms with Gasteiger partial charge in [-0.2, -0.15) is 0 Å². The number of ketones is 1. The van der Waals surface area contributed by atoms with Gasteiger partial charge in [0.1, 0.15) is 5.69 Å². The van der Waals surface area contributed by atoms with E-state index in [4.69, 9.17) is 4.74 Å². The monoisotopic (exact) mass is 405 g/mol. The number of rotatable bonds is 6. The van der Waals surface area contributed by atoms with Crippen molar-refractivity contribution >= 4 is 17.4 Å². The number of anilines is 1. The molecule has 29 heavy (non-hydrogen) atoms. The highest BCUT2D eigenvalue weighted by atomic mass is 19.4. The molecule has 2 N–H and O–H groups in total. The third-order valence-corrected chi connectivity index (χ3v) is 3.79. The van der Waals surface area contributed by atoms with Gasteiger partial charge in [0.05, 0.1) is 13.4 Å². The van der Waals surface area contributed by atoms with Gasteiger partial charge in [-0.15, -0.1) is 13.2 Å². The number of aromatic nitrogens is 2. The van der Waals surface area contributed by atoms with E-state index in [1.54, 1.807) is 0 Å². The first-order valence-electron chi connectivity index (χ1n) is 8.15. The first-order chi connectivity index (χ1) is 13.8. The van der Waals surface area contributed by atoms with Crippen LogP contribution in [0.1, 0.15) is 26.4 Å². The molecule has 0 atom stereocenters. The summed E-state index contributed by atoms with van der Waals surface area (Å²) in [4.78, 5) is 31.0. The number of methoxy groups -OCH3 is 1. The van der Waals surface area contributed by atoms with Crippen LogP contribution in [0.5, 0.6) is 11.5 Å². The van der Waals surface area contributed by atoms with Gasteiger partial charge in [0, 0.05) is 23.0 Å². The van der Waals surface area contributed by atoms with Gasteiger partial charge in [-0.25, -0.2) is 4.98 Å². The normalized spacial score (nSPS) is 11.0. The number of ether oxygens (including phenoxy) is 2. The van der Waals surface area contributed by atoms with Gasteiger partial charge >= 0.3 is 6.36 Å². The summed E-state index contributed by atoms with van der Waals surface area (Å²) in [6, 6.07) is 9.38. The Hall–Kier alpha value is -3.82. The van der Waals surface area contributed by atoms with Crippen LogP contribution in [0.15, 0.2) is 55.0 Å². The maximum atomic E-state index is 12.6. The van der Waals surface area contributed by atoms with Crippen molar-refractivity contribution in [2.24, 2.45) is 0 Å². The van der Waals surface area contributed by atoms with Crippen molar-refractivity contribution in [2.45, 2.75) is 6.36 Å². The van der Waals surface area contributed by atoms with Crippen LogP contribution in [0.2, 0.25) is 0 Å².